The van der Waals surface area contributed by atoms with Crippen molar-refractivity contribution in [3.63, 3.8) is 0 Å². The van der Waals surface area contributed by atoms with E-state index in [1.165, 1.54) is 40.3 Å². The van der Waals surface area contributed by atoms with Crippen LogP contribution in [0.25, 0.3) is 5.69 Å². The van der Waals surface area contributed by atoms with Crippen LogP contribution in [0, 0.1) is 13.8 Å². The third kappa shape index (κ3) is 7.35. The molecule has 0 atom stereocenters. The fourth-order valence-electron chi connectivity index (χ4n) is 4.66. The molecule has 1 aromatic heterocycles. The number of nitrogens with zero attached hydrogens (tertiary/aromatic N) is 4. The number of amides is 2. The molecule has 2 N–H and O–H groups in total. The van der Waals surface area contributed by atoms with Gasteiger partial charge in [-0.1, -0.05) is 39.8 Å². The second-order valence-electron chi connectivity index (χ2n) is 10.2. The summed E-state index contributed by atoms with van der Waals surface area (Å²) in [4.78, 5) is 25.9. The predicted octanol–water partition coefficient (Wildman–Crippen LogP) is 5.09. The maximum absolute atomic E-state index is 13.0. The molecular weight excluding hydrogens is 652 g/mol. The summed E-state index contributed by atoms with van der Waals surface area (Å²) in [7, 11) is -3.56. The molecular formula is C30H31BrN6O4S2. The van der Waals surface area contributed by atoms with Gasteiger partial charge < -0.3 is 10.6 Å². The van der Waals surface area contributed by atoms with E-state index in [1.54, 1.807) is 4.57 Å². The highest BCUT2D eigenvalue weighted by Crippen LogP contribution is 2.25. The average molecular weight is 684 g/mol. The number of aryl methyl sites for hydroxylation is 2. The summed E-state index contributed by atoms with van der Waals surface area (Å²) in [5, 5.41) is 14.9. The van der Waals surface area contributed by atoms with Crippen molar-refractivity contribution in [1.29, 1.82) is 0 Å². The fourth-order valence-corrected chi connectivity index (χ4v) is 7.21. The van der Waals surface area contributed by atoms with Crippen LogP contribution in [0.15, 0.2) is 81.3 Å². The molecule has 0 saturated carbocycles. The zero-order valence-electron chi connectivity index (χ0n) is 23.7. The van der Waals surface area contributed by atoms with E-state index in [-0.39, 0.29) is 29.0 Å². The van der Waals surface area contributed by atoms with Gasteiger partial charge in [-0.05, 0) is 92.4 Å². The average Bonchev–Trinajstić information content (AvgIpc) is 3.68. The van der Waals surface area contributed by atoms with Gasteiger partial charge >= 0.3 is 0 Å². The summed E-state index contributed by atoms with van der Waals surface area (Å²) in [5.41, 5.74) is 3.89. The molecule has 1 aliphatic heterocycles. The number of thioether (sulfide) groups is 1. The lowest BCUT2D eigenvalue weighted by Gasteiger charge is -2.15. The Morgan fingerprint density at radius 1 is 0.953 bits per heavy atom. The summed E-state index contributed by atoms with van der Waals surface area (Å²) in [6.07, 6.45) is 1.70. The second kappa shape index (κ2) is 13.4. The minimum atomic E-state index is -3.56. The number of carbonyl (C=O) groups excluding carboxylic acids is 2. The molecule has 2 amide bonds. The molecule has 3 aromatic carbocycles. The van der Waals surface area contributed by atoms with Crippen LogP contribution in [0.5, 0.6) is 0 Å². The normalized spacial score (nSPS) is 13.7. The Balaban J connectivity index is 1.28. The van der Waals surface area contributed by atoms with Crippen LogP contribution < -0.4 is 10.6 Å². The largest absolute Gasteiger partial charge is 0.345 e. The molecule has 10 nitrogen and oxygen atoms in total. The monoisotopic (exact) mass is 682 g/mol. The highest BCUT2D eigenvalue weighted by molar-refractivity contribution is 9.10. The molecule has 224 valence electrons. The van der Waals surface area contributed by atoms with Gasteiger partial charge in [0.15, 0.2) is 11.0 Å². The van der Waals surface area contributed by atoms with Crippen molar-refractivity contribution in [3.8, 4) is 5.69 Å². The van der Waals surface area contributed by atoms with Crippen LogP contribution in [0.3, 0.4) is 0 Å². The van der Waals surface area contributed by atoms with E-state index in [1.807, 2.05) is 56.3 Å². The summed E-state index contributed by atoms with van der Waals surface area (Å²) in [6, 6.07) is 19.4. The first kappa shape index (κ1) is 30.9. The zero-order chi connectivity index (χ0) is 30.6. The maximum Gasteiger partial charge on any atom is 0.251 e. The number of aromatic nitrogens is 3. The Bertz CT molecular complexity index is 1740. The van der Waals surface area contributed by atoms with Crippen LogP contribution in [0.1, 0.15) is 40.2 Å². The van der Waals surface area contributed by atoms with Gasteiger partial charge in [0.25, 0.3) is 5.91 Å². The molecule has 0 aliphatic carbocycles. The van der Waals surface area contributed by atoms with Crippen LogP contribution >= 0.6 is 27.7 Å². The van der Waals surface area contributed by atoms with Gasteiger partial charge in [0.2, 0.25) is 15.9 Å². The standard InChI is InChI=1S/C30H31BrN6O4S2/c1-20-5-6-21(2)26(17-20)33-28(38)19-42-30-35-34-27(37(30)24-11-9-23(31)10-12-24)18-32-29(39)22-7-13-25(14-8-22)43(40,41)36-15-3-4-16-36/h5-14,17H,3-4,15-16,18-19H2,1-2H3,(H,32,39)(H,33,38). The van der Waals surface area contributed by atoms with E-state index in [2.05, 4.69) is 36.8 Å². The Kier molecular flexibility index (Phi) is 9.65. The molecule has 13 heteroatoms. The Morgan fingerprint density at radius 3 is 2.35 bits per heavy atom. The van der Waals surface area contributed by atoms with Crippen LogP contribution in [0.4, 0.5) is 5.69 Å². The van der Waals surface area contributed by atoms with Gasteiger partial charge in [-0.15, -0.1) is 10.2 Å². The van der Waals surface area contributed by atoms with Gasteiger partial charge in [-0.25, -0.2) is 8.42 Å². The van der Waals surface area contributed by atoms with Gasteiger partial charge in [0.05, 0.1) is 17.2 Å². The molecule has 0 radical (unpaired) electrons. The minimum absolute atomic E-state index is 0.0605. The summed E-state index contributed by atoms with van der Waals surface area (Å²) in [6.45, 7) is 5.00. The Labute approximate surface area is 263 Å². The van der Waals surface area contributed by atoms with E-state index in [0.717, 1.165) is 39.8 Å². The van der Waals surface area contributed by atoms with Gasteiger partial charge in [-0.2, -0.15) is 4.31 Å². The molecule has 0 unspecified atom stereocenters. The first-order valence-corrected chi connectivity index (χ1v) is 16.9. The van der Waals surface area contributed by atoms with E-state index >= 15 is 0 Å². The topological polar surface area (TPSA) is 126 Å². The minimum Gasteiger partial charge on any atom is -0.345 e. The SMILES string of the molecule is Cc1ccc(C)c(NC(=O)CSc2nnc(CNC(=O)c3ccc(S(=O)(=O)N4CCCC4)cc3)n2-c2ccc(Br)cc2)c1. The second-order valence-corrected chi connectivity index (χ2v) is 14.0. The molecule has 0 spiro atoms. The smallest absolute Gasteiger partial charge is 0.251 e. The summed E-state index contributed by atoms with van der Waals surface area (Å²) < 4.78 is 29.8. The highest BCUT2D eigenvalue weighted by Gasteiger charge is 2.27. The third-order valence-corrected chi connectivity index (χ3v) is 10.4. The Hall–Kier alpha value is -3.52. The Morgan fingerprint density at radius 2 is 1.65 bits per heavy atom. The maximum atomic E-state index is 13.0. The van der Waals surface area contributed by atoms with Gasteiger partial charge in [0, 0.05) is 34.5 Å². The van der Waals surface area contributed by atoms with Crippen molar-refractivity contribution >= 4 is 55.2 Å². The zero-order valence-corrected chi connectivity index (χ0v) is 26.9. The third-order valence-electron chi connectivity index (χ3n) is 7.01. The van der Waals surface area contributed by atoms with Crippen molar-refractivity contribution in [2.45, 2.75) is 43.3 Å². The molecule has 2 heterocycles. The number of hydrogen-bond donors (Lipinski definition) is 2. The van der Waals surface area contributed by atoms with Crippen LogP contribution in [0.2, 0.25) is 0 Å². The number of rotatable bonds is 10. The van der Waals surface area contributed by atoms with E-state index in [0.29, 0.717) is 29.6 Å². The fraction of sp³-hybridized carbons (Fsp3) is 0.267. The van der Waals surface area contributed by atoms with Crippen molar-refractivity contribution in [2.75, 3.05) is 24.2 Å². The van der Waals surface area contributed by atoms with E-state index in [9.17, 15) is 18.0 Å². The molecule has 43 heavy (non-hydrogen) atoms. The first-order chi connectivity index (χ1) is 20.6. The molecule has 1 aliphatic rings. The number of nitrogens with one attached hydrogen (secondary N) is 2. The number of benzene rings is 3. The predicted molar refractivity (Wildman–Crippen MR) is 170 cm³/mol. The van der Waals surface area contributed by atoms with Gasteiger partial charge in [-0.3, -0.25) is 14.2 Å². The number of halogens is 1. The van der Waals surface area contributed by atoms with Crippen molar-refractivity contribution < 1.29 is 18.0 Å². The van der Waals surface area contributed by atoms with Crippen molar-refractivity contribution in [2.24, 2.45) is 0 Å². The van der Waals surface area contributed by atoms with Gasteiger partial charge in [0.1, 0.15) is 0 Å². The lowest BCUT2D eigenvalue weighted by Crippen LogP contribution is -2.28. The van der Waals surface area contributed by atoms with Crippen LogP contribution in [-0.2, 0) is 21.4 Å². The molecule has 4 aromatic rings. The highest BCUT2D eigenvalue weighted by atomic mass is 79.9. The molecule has 0 bridgehead atoms. The molecule has 1 fully saturated rings. The van der Waals surface area contributed by atoms with Crippen molar-refractivity contribution in [3.05, 3.63) is 93.7 Å². The summed E-state index contributed by atoms with van der Waals surface area (Å²) in [5.74, 6) is 0.0363. The first-order valence-electron chi connectivity index (χ1n) is 13.7. The van der Waals surface area contributed by atoms with E-state index < -0.39 is 10.0 Å². The number of anilines is 1. The number of hydrogen-bond acceptors (Lipinski definition) is 7. The van der Waals surface area contributed by atoms with E-state index in [4.69, 9.17) is 0 Å². The summed E-state index contributed by atoms with van der Waals surface area (Å²) >= 11 is 4.70. The number of sulfonamides is 1. The van der Waals surface area contributed by atoms with Crippen molar-refractivity contribution in [1.82, 2.24) is 24.4 Å². The molecule has 1 saturated heterocycles. The number of carbonyl (C=O) groups is 2. The lowest BCUT2D eigenvalue weighted by atomic mass is 10.1. The van der Waals surface area contributed by atoms with Crippen LogP contribution in [-0.4, -0.2) is 58.1 Å². The quantitative estimate of drug-likeness (QED) is 0.223. The molecule has 5 rings (SSSR count). The lowest BCUT2D eigenvalue weighted by molar-refractivity contribution is -0.113.